The minimum absolute atomic E-state index is 0.486. The number of aromatic nitrogens is 4. The molecular weight excluding hydrogens is 320 g/mol. The number of thioether (sulfide) groups is 1. The van der Waals surface area contributed by atoms with Crippen LogP contribution in [0.1, 0.15) is 30.1 Å². The second kappa shape index (κ2) is 7.05. The summed E-state index contributed by atoms with van der Waals surface area (Å²) in [6.07, 6.45) is 6.11. The number of benzene rings is 1. The van der Waals surface area contributed by atoms with Gasteiger partial charge >= 0.3 is 0 Å². The largest absolute Gasteiger partial charge is 0.487 e. The average molecular weight is 338 g/mol. The van der Waals surface area contributed by atoms with E-state index in [4.69, 9.17) is 4.74 Å². The number of hydrogen-bond acceptors (Lipinski definition) is 5. The molecular formula is C18H18N4OS. The molecule has 1 aliphatic carbocycles. The fraction of sp³-hybridized carbons (Fsp3) is 0.278. The summed E-state index contributed by atoms with van der Waals surface area (Å²) in [6, 6.07) is 14.6. The minimum atomic E-state index is 0.486. The fourth-order valence-corrected chi connectivity index (χ4v) is 3.35. The van der Waals surface area contributed by atoms with Gasteiger partial charge in [-0.3, -0.25) is 4.98 Å². The summed E-state index contributed by atoms with van der Waals surface area (Å²) in [6.45, 7) is 0.486. The molecule has 3 aromatic rings. The number of nitrogens with zero attached hydrogens (tertiary/aromatic N) is 4. The van der Waals surface area contributed by atoms with Crippen LogP contribution < -0.4 is 4.74 Å². The van der Waals surface area contributed by atoms with Crippen LogP contribution in [0.25, 0.3) is 0 Å². The molecule has 0 unspecified atom stereocenters. The molecule has 2 heterocycles. The van der Waals surface area contributed by atoms with E-state index in [-0.39, 0.29) is 0 Å². The third-order valence-electron chi connectivity index (χ3n) is 3.88. The van der Waals surface area contributed by atoms with Crippen LogP contribution in [-0.4, -0.2) is 19.7 Å². The molecule has 2 aromatic heterocycles. The molecule has 0 atom stereocenters. The lowest BCUT2D eigenvalue weighted by atomic mass is 10.2. The van der Waals surface area contributed by atoms with Crippen molar-refractivity contribution in [3.8, 4) is 5.75 Å². The van der Waals surface area contributed by atoms with E-state index in [0.717, 1.165) is 22.4 Å². The molecule has 0 bridgehead atoms. The first-order chi connectivity index (χ1) is 11.9. The van der Waals surface area contributed by atoms with Crippen LogP contribution >= 0.6 is 11.8 Å². The first-order valence-electron chi connectivity index (χ1n) is 8.02. The van der Waals surface area contributed by atoms with Crippen LogP contribution in [0.3, 0.4) is 0 Å². The Morgan fingerprint density at radius 3 is 2.75 bits per heavy atom. The Bertz CT molecular complexity index is 784. The Balaban J connectivity index is 1.31. The predicted molar refractivity (Wildman–Crippen MR) is 92.9 cm³/mol. The maximum atomic E-state index is 5.76. The molecule has 0 radical (unpaired) electrons. The zero-order valence-electron chi connectivity index (χ0n) is 13.2. The van der Waals surface area contributed by atoms with E-state index in [9.17, 15) is 0 Å². The fourth-order valence-electron chi connectivity index (χ4n) is 2.41. The summed E-state index contributed by atoms with van der Waals surface area (Å²) < 4.78 is 7.95. The van der Waals surface area contributed by atoms with E-state index >= 15 is 0 Å². The van der Waals surface area contributed by atoms with E-state index in [1.807, 2.05) is 36.7 Å². The molecule has 24 heavy (non-hydrogen) atoms. The summed E-state index contributed by atoms with van der Waals surface area (Å²) in [5.41, 5.74) is 2.17. The molecule has 0 spiro atoms. The van der Waals surface area contributed by atoms with E-state index in [2.05, 4.69) is 31.9 Å². The van der Waals surface area contributed by atoms with Crippen molar-refractivity contribution in [2.24, 2.45) is 0 Å². The van der Waals surface area contributed by atoms with Crippen LogP contribution in [0, 0.1) is 0 Å². The molecule has 0 N–H and O–H groups in total. The van der Waals surface area contributed by atoms with Gasteiger partial charge < -0.3 is 9.30 Å². The highest BCUT2D eigenvalue weighted by atomic mass is 32.2. The lowest BCUT2D eigenvalue weighted by molar-refractivity contribution is 0.301. The number of ether oxygens (including phenoxy) is 1. The maximum Gasteiger partial charge on any atom is 0.191 e. The molecule has 4 rings (SSSR count). The summed E-state index contributed by atoms with van der Waals surface area (Å²) in [7, 11) is 0. The van der Waals surface area contributed by atoms with Crippen molar-refractivity contribution >= 4 is 11.8 Å². The Labute approximate surface area is 145 Å². The van der Waals surface area contributed by atoms with Crippen molar-refractivity contribution < 1.29 is 4.74 Å². The number of rotatable bonds is 7. The normalized spacial score (nSPS) is 13.8. The number of pyridine rings is 1. The predicted octanol–water partition coefficient (Wildman–Crippen LogP) is 3.88. The smallest absolute Gasteiger partial charge is 0.191 e. The highest BCUT2D eigenvalue weighted by molar-refractivity contribution is 7.98. The van der Waals surface area contributed by atoms with Gasteiger partial charge in [0.1, 0.15) is 18.7 Å². The Kier molecular flexibility index (Phi) is 4.46. The van der Waals surface area contributed by atoms with Gasteiger partial charge in [0.2, 0.25) is 0 Å². The van der Waals surface area contributed by atoms with Crippen LogP contribution in [0.15, 0.2) is 60.1 Å². The maximum absolute atomic E-state index is 5.76. The van der Waals surface area contributed by atoms with Gasteiger partial charge in [-0.05, 0) is 42.7 Å². The highest BCUT2D eigenvalue weighted by Gasteiger charge is 2.26. The number of hydrogen-bond donors (Lipinski definition) is 0. The van der Waals surface area contributed by atoms with Crippen molar-refractivity contribution in [1.29, 1.82) is 0 Å². The Morgan fingerprint density at radius 2 is 2.00 bits per heavy atom. The standard InChI is InChI=1S/C18H18N4OS/c1-2-10-19-15(3-1)11-23-17-8-4-14(5-9-17)12-24-18-21-20-13-22(18)16-6-7-16/h1-5,8-10,13,16H,6-7,11-12H2. The lowest BCUT2D eigenvalue weighted by Crippen LogP contribution is -1.97. The molecule has 5 nitrogen and oxygen atoms in total. The molecule has 0 saturated heterocycles. The van der Waals surface area contributed by atoms with Crippen LogP contribution in [-0.2, 0) is 12.4 Å². The van der Waals surface area contributed by atoms with Gasteiger partial charge in [0.15, 0.2) is 5.16 Å². The second-order valence-electron chi connectivity index (χ2n) is 5.79. The molecule has 0 amide bonds. The van der Waals surface area contributed by atoms with E-state index < -0.39 is 0 Å². The first kappa shape index (κ1) is 15.2. The van der Waals surface area contributed by atoms with Crippen molar-refractivity contribution in [3.63, 3.8) is 0 Å². The minimum Gasteiger partial charge on any atom is -0.487 e. The topological polar surface area (TPSA) is 52.8 Å². The quantitative estimate of drug-likeness (QED) is 0.612. The summed E-state index contributed by atoms with van der Waals surface area (Å²) in [5, 5.41) is 9.25. The monoisotopic (exact) mass is 338 g/mol. The molecule has 1 aromatic carbocycles. The van der Waals surface area contributed by atoms with Gasteiger partial charge in [0, 0.05) is 18.0 Å². The van der Waals surface area contributed by atoms with Crippen molar-refractivity contribution in [1.82, 2.24) is 19.7 Å². The van der Waals surface area contributed by atoms with Gasteiger partial charge in [0.25, 0.3) is 0 Å². The first-order valence-corrected chi connectivity index (χ1v) is 9.01. The van der Waals surface area contributed by atoms with Crippen LogP contribution in [0.2, 0.25) is 0 Å². The van der Waals surface area contributed by atoms with E-state index in [1.54, 1.807) is 18.0 Å². The molecule has 0 aliphatic heterocycles. The van der Waals surface area contributed by atoms with Gasteiger partial charge in [-0.2, -0.15) is 0 Å². The van der Waals surface area contributed by atoms with Crippen LogP contribution in [0.5, 0.6) is 5.75 Å². The lowest BCUT2D eigenvalue weighted by Gasteiger charge is -2.07. The van der Waals surface area contributed by atoms with E-state index in [1.165, 1.54) is 18.4 Å². The summed E-state index contributed by atoms with van der Waals surface area (Å²) >= 11 is 1.73. The van der Waals surface area contributed by atoms with Crippen molar-refractivity contribution in [2.45, 2.75) is 36.4 Å². The molecule has 1 saturated carbocycles. The summed E-state index contributed by atoms with van der Waals surface area (Å²) in [5.74, 6) is 1.74. The van der Waals surface area contributed by atoms with E-state index in [0.29, 0.717) is 12.6 Å². The third kappa shape index (κ3) is 3.76. The van der Waals surface area contributed by atoms with Crippen molar-refractivity contribution in [2.75, 3.05) is 0 Å². The van der Waals surface area contributed by atoms with Gasteiger partial charge in [0.05, 0.1) is 5.69 Å². The Morgan fingerprint density at radius 1 is 1.12 bits per heavy atom. The molecule has 6 heteroatoms. The zero-order chi connectivity index (χ0) is 16.2. The summed E-state index contributed by atoms with van der Waals surface area (Å²) in [4.78, 5) is 4.25. The van der Waals surface area contributed by atoms with Crippen LogP contribution in [0.4, 0.5) is 0 Å². The average Bonchev–Trinajstić information content (AvgIpc) is 3.38. The third-order valence-corrected chi connectivity index (χ3v) is 4.91. The molecule has 1 aliphatic rings. The van der Waals surface area contributed by atoms with Crippen molar-refractivity contribution in [3.05, 3.63) is 66.2 Å². The Hall–Kier alpha value is -2.34. The van der Waals surface area contributed by atoms with Gasteiger partial charge in [-0.1, -0.05) is 30.0 Å². The molecule has 1 fully saturated rings. The highest BCUT2D eigenvalue weighted by Crippen LogP contribution is 2.37. The zero-order valence-corrected chi connectivity index (χ0v) is 14.0. The van der Waals surface area contributed by atoms with Gasteiger partial charge in [-0.25, -0.2) is 0 Å². The van der Waals surface area contributed by atoms with Gasteiger partial charge in [-0.15, -0.1) is 10.2 Å². The SMILES string of the molecule is c1ccc(COc2ccc(CSc3nncn3C3CC3)cc2)nc1. The second-order valence-corrected chi connectivity index (χ2v) is 6.74. The molecule has 122 valence electrons.